The first kappa shape index (κ1) is 18.7. The zero-order chi connectivity index (χ0) is 20.2. The lowest BCUT2D eigenvalue weighted by Gasteiger charge is -2.08. The highest BCUT2D eigenvalue weighted by Crippen LogP contribution is 2.26. The number of rotatable bonds is 4. The summed E-state index contributed by atoms with van der Waals surface area (Å²) in [5, 5.41) is 4.42. The predicted octanol–water partition coefficient (Wildman–Crippen LogP) is 4.90. The number of hydrogen-bond donors (Lipinski definition) is 0. The van der Waals surface area contributed by atoms with Gasteiger partial charge in [0, 0.05) is 16.1 Å². The maximum Gasteiger partial charge on any atom is 0.368 e. The fourth-order valence-corrected chi connectivity index (χ4v) is 2.93. The van der Waals surface area contributed by atoms with Gasteiger partial charge in [-0.1, -0.05) is 65.3 Å². The molecule has 0 amide bonds. The van der Waals surface area contributed by atoms with Crippen molar-refractivity contribution in [3.8, 4) is 5.75 Å². The third kappa shape index (κ3) is 4.10. The second-order valence-corrected chi connectivity index (χ2v) is 6.61. The molecule has 0 N–H and O–H groups in total. The second kappa shape index (κ2) is 8.12. The van der Waals surface area contributed by atoms with Crippen LogP contribution < -0.4 is 4.74 Å². The van der Waals surface area contributed by atoms with Gasteiger partial charge < -0.3 is 9.57 Å². The highest BCUT2D eigenvalue weighted by atomic mass is 35.5. The van der Waals surface area contributed by atoms with Gasteiger partial charge in [-0.05, 0) is 36.4 Å². The van der Waals surface area contributed by atoms with Crippen molar-refractivity contribution in [1.29, 1.82) is 0 Å². The highest BCUT2D eigenvalue weighted by molar-refractivity contribution is 6.31. The highest BCUT2D eigenvalue weighted by Gasteiger charge is 2.27. The van der Waals surface area contributed by atoms with E-state index in [-0.39, 0.29) is 5.57 Å². The Balaban J connectivity index is 1.66. The fraction of sp³-hybridized carbons (Fsp3) is 0. The monoisotopic (exact) mass is 403 g/mol. The van der Waals surface area contributed by atoms with Crippen LogP contribution in [0.2, 0.25) is 5.02 Å². The van der Waals surface area contributed by atoms with Crippen LogP contribution in [0.3, 0.4) is 0 Å². The van der Waals surface area contributed by atoms with E-state index in [1.165, 1.54) is 0 Å². The summed E-state index contributed by atoms with van der Waals surface area (Å²) < 4.78 is 5.54. The SMILES string of the molecule is O=C1ON=C(c2ccccc2)/C1=C/c1ccccc1OC(=O)c1ccc(Cl)cc1. The molecule has 3 aromatic carbocycles. The van der Waals surface area contributed by atoms with Crippen molar-refractivity contribution in [2.24, 2.45) is 5.16 Å². The molecule has 3 aromatic rings. The summed E-state index contributed by atoms with van der Waals surface area (Å²) in [4.78, 5) is 29.6. The quantitative estimate of drug-likeness (QED) is 0.269. The van der Waals surface area contributed by atoms with Gasteiger partial charge in [-0.2, -0.15) is 0 Å². The van der Waals surface area contributed by atoms with Gasteiger partial charge in [0.1, 0.15) is 11.5 Å². The number of carbonyl (C=O) groups excluding carboxylic acids is 2. The minimum absolute atomic E-state index is 0.284. The number of esters is 1. The molecule has 0 saturated heterocycles. The standard InChI is InChI=1S/C23H14ClNO4/c24-18-12-10-16(11-13-18)22(26)28-20-9-5-4-8-17(20)14-19-21(25-29-23(19)27)15-6-2-1-3-7-15/h1-14H/b19-14-. The summed E-state index contributed by atoms with van der Waals surface area (Å²) in [5.41, 5.74) is 2.37. The summed E-state index contributed by atoms with van der Waals surface area (Å²) >= 11 is 5.86. The molecule has 0 aromatic heterocycles. The summed E-state index contributed by atoms with van der Waals surface area (Å²) in [7, 11) is 0. The smallest absolute Gasteiger partial charge is 0.368 e. The number of para-hydroxylation sites is 1. The summed E-state index contributed by atoms with van der Waals surface area (Å²) in [5.74, 6) is -0.784. The molecule has 6 heteroatoms. The van der Waals surface area contributed by atoms with Crippen molar-refractivity contribution in [3.05, 3.63) is 106 Å². The zero-order valence-electron chi connectivity index (χ0n) is 15.0. The van der Waals surface area contributed by atoms with Gasteiger partial charge in [-0.25, -0.2) is 9.59 Å². The molecule has 0 radical (unpaired) electrons. The van der Waals surface area contributed by atoms with Gasteiger partial charge in [0.2, 0.25) is 0 Å². The number of hydrogen-bond acceptors (Lipinski definition) is 5. The third-order valence-corrected chi connectivity index (χ3v) is 4.50. The number of halogens is 1. The van der Waals surface area contributed by atoms with Gasteiger partial charge in [0.05, 0.1) is 11.1 Å². The van der Waals surface area contributed by atoms with Crippen LogP contribution in [0.15, 0.2) is 89.6 Å². The molecule has 0 spiro atoms. The van der Waals surface area contributed by atoms with E-state index < -0.39 is 11.9 Å². The maximum atomic E-state index is 12.5. The van der Waals surface area contributed by atoms with E-state index in [4.69, 9.17) is 21.2 Å². The Kier molecular flexibility index (Phi) is 5.22. The van der Waals surface area contributed by atoms with Crippen LogP contribution in [0.25, 0.3) is 6.08 Å². The van der Waals surface area contributed by atoms with E-state index in [1.807, 2.05) is 30.3 Å². The first-order valence-corrected chi connectivity index (χ1v) is 9.13. The molecule has 4 rings (SSSR count). The van der Waals surface area contributed by atoms with Crippen molar-refractivity contribution in [1.82, 2.24) is 0 Å². The molecule has 0 unspecified atom stereocenters. The van der Waals surface area contributed by atoms with Gasteiger partial charge in [0.25, 0.3) is 0 Å². The van der Waals surface area contributed by atoms with Gasteiger partial charge in [-0.15, -0.1) is 0 Å². The Hall–Kier alpha value is -3.70. The number of benzene rings is 3. The lowest BCUT2D eigenvalue weighted by Crippen LogP contribution is -2.10. The topological polar surface area (TPSA) is 65.0 Å². The van der Waals surface area contributed by atoms with E-state index in [0.29, 0.717) is 27.6 Å². The van der Waals surface area contributed by atoms with Crippen molar-refractivity contribution >= 4 is 35.3 Å². The van der Waals surface area contributed by atoms with Crippen LogP contribution in [0.1, 0.15) is 21.5 Å². The molecule has 1 aliphatic heterocycles. The number of carbonyl (C=O) groups is 2. The molecule has 0 aliphatic carbocycles. The van der Waals surface area contributed by atoms with Crippen LogP contribution in [-0.4, -0.2) is 17.7 Å². The summed E-state index contributed by atoms with van der Waals surface area (Å²) in [6, 6.07) is 22.6. The minimum atomic E-state index is -0.567. The van der Waals surface area contributed by atoms with E-state index in [2.05, 4.69) is 5.16 Å². The fourth-order valence-electron chi connectivity index (χ4n) is 2.81. The summed E-state index contributed by atoms with van der Waals surface area (Å²) in [6.07, 6.45) is 1.60. The molecule has 0 atom stereocenters. The molecule has 5 nitrogen and oxygen atoms in total. The van der Waals surface area contributed by atoms with Crippen LogP contribution in [0, 0.1) is 0 Å². The van der Waals surface area contributed by atoms with Crippen LogP contribution in [-0.2, 0) is 9.63 Å². The minimum Gasteiger partial charge on any atom is -0.422 e. The van der Waals surface area contributed by atoms with Crippen LogP contribution in [0.5, 0.6) is 5.75 Å². The normalized spacial score (nSPS) is 14.4. The molecule has 1 aliphatic rings. The maximum absolute atomic E-state index is 12.5. The number of ether oxygens (including phenoxy) is 1. The molecule has 0 fully saturated rings. The molecule has 29 heavy (non-hydrogen) atoms. The van der Waals surface area contributed by atoms with Crippen molar-refractivity contribution in [3.63, 3.8) is 0 Å². The van der Waals surface area contributed by atoms with Crippen LogP contribution in [0.4, 0.5) is 0 Å². The zero-order valence-corrected chi connectivity index (χ0v) is 15.8. The average molecular weight is 404 g/mol. The van der Waals surface area contributed by atoms with Gasteiger partial charge >= 0.3 is 11.9 Å². The number of oxime groups is 1. The Morgan fingerprint density at radius 3 is 2.38 bits per heavy atom. The average Bonchev–Trinajstić information content (AvgIpc) is 3.11. The van der Waals surface area contributed by atoms with Gasteiger partial charge in [0.15, 0.2) is 0 Å². The Morgan fingerprint density at radius 2 is 1.62 bits per heavy atom. The first-order chi connectivity index (χ1) is 14.1. The van der Waals surface area contributed by atoms with Crippen molar-refractivity contribution in [2.45, 2.75) is 0 Å². The summed E-state index contributed by atoms with van der Waals surface area (Å²) in [6.45, 7) is 0. The second-order valence-electron chi connectivity index (χ2n) is 6.18. The third-order valence-electron chi connectivity index (χ3n) is 4.24. The lowest BCUT2D eigenvalue weighted by atomic mass is 10.0. The van der Waals surface area contributed by atoms with E-state index >= 15 is 0 Å². The van der Waals surface area contributed by atoms with Crippen molar-refractivity contribution in [2.75, 3.05) is 0 Å². The molecule has 0 bridgehead atoms. The Morgan fingerprint density at radius 1 is 0.931 bits per heavy atom. The van der Waals surface area contributed by atoms with E-state index in [1.54, 1.807) is 54.6 Å². The molecule has 142 valence electrons. The molecule has 0 saturated carbocycles. The number of nitrogens with zero attached hydrogens (tertiary/aromatic N) is 1. The van der Waals surface area contributed by atoms with Crippen molar-refractivity contribution < 1.29 is 19.2 Å². The molecule has 1 heterocycles. The molecular weight excluding hydrogens is 390 g/mol. The predicted molar refractivity (Wildman–Crippen MR) is 110 cm³/mol. The van der Waals surface area contributed by atoms with Gasteiger partial charge in [-0.3, -0.25) is 0 Å². The van der Waals surface area contributed by atoms with Crippen LogP contribution >= 0.6 is 11.6 Å². The molecular formula is C23H14ClNO4. The first-order valence-electron chi connectivity index (χ1n) is 8.75. The Bertz CT molecular complexity index is 1140. The van der Waals surface area contributed by atoms with E-state index in [9.17, 15) is 9.59 Å². The van der Waals surface area contributed by atoms with E-state index in [0.717, 1.165) is 5.56 Å². The Labute approximate surface area is 171 Å². The largest absolute Gasteiger partial charge is 0.422 e. The lowest BCUT2D eigenvalue weighted by molar-refractivity contribution is -0.136.